The lowest BCUT2D eigenvalue weighted by Gasteiger charge is -2.33. The van der Waals surface area contributed by atoms with E-state index >= 15 is 0 Å². The van der Waals surface area contributed by atoms with Gasteiger partial charge >= 0.3 is 6.01 Å². The Labute approximate surface area is 117 Å². The van der Waals surface area contributed by atoms with Crippen LogP contribution in [0, 0.1) is 6.92 Å². The maximum absolute atomic E-state index is 5.15. The Kier molecular flexibility index (Phi) is 3.49. The van der Waals surface area contributed by atoms with E-state index in [4.69, 9.17) is 4.74 Å². The molecule has 0 saturated carbocycles. The normalized spacial score (nSPS) is 19.1. The zero-order valence-corrected chi connectivity index (χ0v) is 11.7. The number of hydrogen-bond donors (Lipinski definition) is 0. The van der Waals surface area contributed by atoms with E-state index in [1.165, 1.54) is 0 Å². The first-order chi connectivity index (χ1) is 9.76. The van der Waals surface area contributed by atoms with Gasteiger partial charge in [0.25, 0.3) is 0 Å². The number of ether oxygens (including phenoxy) is 1. The molecule has 106 valence electrons. The van der Waals surface area contributed by atoms with Gasteiger partial charge in [0.1, 0.15) is 5.82 Å². The maximum Gasteiger partial charge on any atom is 0.318 e. The number of methoxy groups -OCH3 is 1. The Morgan fingerprint density at radius 3 is 3.00 bits per heavy atom. The first kappa shape index (κ1) is 12.8. The first-order valence-corrected chi connectivity index (χ1v) is 6.76. The summed E-state index contributed by atoms with van der Waals surface area (Å²) in [6, 6.07) is 2.75. The van der Waals surface area contributed by atoms with Gasteiger partial charge in [-0.15, -0.1) is 5.10 Å². The average Bonchev–Trinajstić information content (AvgIpc) is 3.01. The highest BCUT2D eigenvalue weighted by molar-refractivity contribution is 5.41. The van der Waals surface area contributed by atoms with Gasteiger partial charge in [-0.25, -0.2) is 9.67 Å². The smallest absolute Gasteiger partial charge is 0.318 e. The fourth-order valence-corrected chi connectivity index (χ4v) is 2.57. The highest BCUT2D eigenvalue weighted by Gasteiger charge is 2.23. The van der Waals surface area contributed by atoms with E-state index in [9.17, 15) is 0 Å². The van der Waals surface area contributed by atoms with Gasteiger partial charge in [-0.05, 0) is 19.8 Å². The second-order valence-electron chi connectivity index (χ2n) is 4.98. The highest BCUT2D eigenvalue weighted by atomic mass is 16.5. The van der Waals surface area contributed by atoms with Crippen molar-refractivity contribution in [1.82, 2.24) is 25.0 Å². The number of rotatable bonds is 3. The number of anilines is 1. The summed E-state index contributed by atoms with van der Waals surface area (Å²) >= 11 is 0. The molecule has 0 N–H and O–H groups in total. The van der Waals surface area contributed by atoms with E-state index in [2.05, 4.69) is 25.2 Å². The van der Waals surface area contributed by atoms with Crippen molar-refractivity contribution in [3.05, 3.63) is 24.2 Å². The predicted molar refractivity (Wildman–Crippen MR) is 73.8 cm³/mol. The van der Waals surface area contributed by atoms with Crippen LogP contribution in [0.3, 0.4) is 0 Å². The summed E-state index contributed by atoms with van der Waals surface area (Å²) in [6.07, 6.45) is 5.85. The molecule has 1 aliphatic rings. The summed E-state index contributed by atoms with van der Waals surface area (Å²) in [7, 11) is 1.59. The predicted octanol–water partition coefficient (Wildman–Crippen LogP) is 1.23. The Morgan fingerprint density at radius 2 is 2.25 bits per heavy atom. The standard InChI is InChI=1S/C13H18N6O/c1-10-8-12(16-13(15-10)20-2)18-6-3-4-11(9-18)19-7-5-14-17-19/h5,7-8,11H,3-4,6,9H2,1-2H3. The van der Waals surface area contributed by atoms with Crippen molar-refractivity contribution >= 4 is 5.82 Å². The number of nitrogens with zero attached hydrogens (tertiary/aromatic N) is 6. The van der Waals surface area contributed by atoms with Crippen LogP contribution in [0.5, 0.6) is 6.01 Å². The molecule has 0 spiro atoms. The molecule has 7 heteroatoms. The molecule has 7 nitrogen and oxygen atoms in total. The molecule has 3 rings (SSSR count). The van der Waals surface area contributed by atoms with Crippen molar-refractivity contribution < 1.29 is 4.74 Å². The van der Waals surface area contributed by atoms with E-state index in [0.717, 1.165) is 37.4 Å². The third kappa shape index (κ3) is 2.56. The second-order valence-corrected chi connectivity index (χ2v) is 4.98. The summed E-state index contributed by atoms with van der Waals surface area (Å²) in [6.45, 7) is 3.82. The minimum absolute atomic E-state index is 0.340. The van der Waals surface area contributed by atoms with Gasteiger partial charge in [0, 0.05) is 31.0 Å². The largest absolute Gasteiger partial charge is 0.467 e. The molecule has 0 aliphatic carbocycles. The monoisotopic (exact) mass is 274 g/mol. The van der Waals surface area contributed by atoms with Gasteiger partial charge in [0.2, 0.25) is 0 Å². The maximum atomic E-state index is 5.15. The summed E-state index contributed by atoms with van der Waals surface area (Å²) in [4.78, 5) is 10.9. The SMILES string of the molecule is COc1nc(C)cc(N2CCCC(n3ccnn3)C2)n1. The van der Waals surface area contributed by atoms with Crippen LogP contribution in [0.25, 0.3) is 0 Å². The Bertz CT molecular complexity index is 570. The molecule has 0 amide bonds. The summed E-state index contributed by atoms with van der Waals surface area (Å²) in [5.74, 6) is 0.916. The second kappa shape index (κ2) is 5.44. The van der Waals surface area contributed by atoms with E-state index in [-0.39, 0.29) is 0 Å². The zero-order chi connectivity index (χ0) is 13.9. The third-order valence-corrected chi connectivity index (χ3v) is 3.54. The van der Waals surface area contributed by atoms with Gasteiger partial charge < -0.3 is 9.64 Å². The molecule has 0 radical (unpaired) electrons. The minimum atomic E-state index is 0.340. The number of aromatic nitrogens is 5. The summed E-state index contributed by atoms with van der Waals surface area (Å²) in [5.41, 5.74) is 0.912. The van der Waals surface area contributed by atoms with Crippen molar-refractivity contribution in [1.29, 1.82) is 0 Å². The van der Waals surface area contributed by atoms with E-state index in [1.807, 2.05) is 23.9 Å². The topological polar surface area (TPSA) is 69.0 Å². The fraction of sp³-hybridized carbons (Fsp3) is 0.538. The molecule has 1 unspecified atom stereocenters. The van der Waals surface area contributed by atoms with Crippen molar-refractivity contribution in [3.8, 4) is 6.01 Å². The highest BCUT2D eigenvalue weighted by Crippen LogP contribution is 2.25. The van der Waals surface area contributed by atoms with Crippen molar-refractivity contribution in [2.45, 2.75) is 25.8 Å². The van der Waals surface area contributed by atoms with E-state index < -0.39 is 0 Å². The first-order valence-electron chi connectivity index (χ1n) is 6.76. The van der Waals surface area contributed by atoms with Crippen LogP contribution < -0.4 is 9.64 Å². The lowest BCUT2D eigenvalue weighted by Crippen LogP contribution is -2.37. The van der Waals surface area contributed by atoms with Crippen LogP contribution in [-0.2, 0) is 0 Å². The molecule has 3 heterocycles. The Balaban J connectivity index is 1.81. The fourth-order valence-electron chi connectivity index (χ4n) is 2.57. The lowest BCUT2D eigenvalue weighted by molar-refractivity contribution is 0.361. The number of hydrogen-bond acceptors (Lipinski definition) is 6. The lowest BCUT2D eigenvalue weighted by atomic mass is 10.1. The Morgan fingerprint density at radius 1 is 1.35 bits per heavy atom. The Hall–Kier alpha value is -2.18. The van der Waals surface area contributed by atoms with Gasteiger partial charge in [-0.3, -0.25) is 0 Å². The molecule has 20 heavy (non-hydrogen) atoms. The molecule has 0 bridgehead atoms. The van der Waals surface area contributed by atoms with Crippen LogP contribution in [0.15, 0.2) is 18.5 Å². The average molecular weight is 274 g/mol. The minimum Gasteiger partial charge on any atom is -0.467 e. The van der Waals surface area contributed by atoms with Crippen LogP contribution in [-0.4, -0.2) is 45.2 Å². The molecular formula is C13H18N6O. The van der Waals surface area contributed by atoms with Crippen LogP contribution in [0.2, 0.25) is 0 Å². The molecule has 1 saturated heterocycles. The van der Waals surface area contributed by atoms with Crippen molar-refractivity contribution in [2.24, 2.45) is 0 Å². The van der Waals surface area contributed by atoms with Gasteiger partial charge in [0.15, 0.2) is 0 Å². The zero-order valence-electron chi connectivity index (χ0n) is 11.7. The van der Waals surface area contributed by atoms with Crippen LogP contribution in [0.1, 0.15) is 24.6 Å². The van der Waals surface area contributed by atoms with Crippen molar-refractivity contribution in [2.75, 3.05) is 25.1 Å². The molecule has 2 aromatic rings. The van der Waals surface area contributed by atoms with Crippen LogP contribution in [0.4, 0.5) is 5.82 Å². The van der Waals surface area contributed by atoms with Gasteiger partial charge in [-0.2, -0.15) is 4.98 Å². The van der Waals surface area contributed by atoms with Gasteiger partial charge in [0.05, 0.1) is 19.3 Å². The molecule has 2 aromatic heterocycles. The number of aryl methyl sites for hydroxylation is 1. The van der Waals surface area contributed by atoms with Crippen molar-refractivity contribution in [3.63, 3.8) is 0 Å². The van der Waals surface area contributed by atoms with E-state index in [1.54, 1.807) is 13.3 Å². The third-order valence-electron chi connectivity index (χ3n) is 3.54. The van der Waals surface area contributed by atoms with Crippen LogP contribution >= 0.6 is 0 Å². The summed E-state index contributed by atoms with van der Waals surface area (Å²) in [5, 5.41) is 7.99. The van der Waals surface area contributed by atoms with Gasteiger partial charge in [-0.1, -0.05) is 5.21 Å². The molecule has 0 aromatic carbocycles. The molecule has 1 aliphatic heterocycles. The number of piperidine rings is 1. The molecule has 1 atom stereocenters. The quantitative estimate of drug-likeness (QED) is 0.838. The summed E-state index contributed by atoms with van der Waals surface area (Å²) < 4.78 is 7.08. The molecule has 1 fully saturated rings. The molecular weight excluding hydrogens is 256 g/mol. The van der Waals surface area contributed by atoms with E-state index in [0.29, 0.717) is 12.1 Å².